The normalized spacial score (nSPS) is 17.9. The molecule has 0 bridgehead atoms. The van der Waals surface area contributed by atoms with E-state index in [1.54, 1.807) is 11.3 Å². The molecule has 4 heteroatoms. The summed E-state index contributed by atoms with van der Waals surface area (Å²) in [4.78, 5) is 7.20. The Morgan fingerprint density at radius 1 is 1.15 bits per heavy atom. The number of aromatic nitrogens is 1. The van der Waals surface area contributed by atoms with Crippen LogP contribution in [0.15, 0.2) is 35.7 Å². The third kappa shape index (κ3) is 3.19. The minimum absolute atomic E-state index is 0.366. The van der Waals surface area contributed by atoms with Crippen molar-refractivity contribution in [1.29, 1.82) is 0 Å². The zero-order valence-corrected chi connectivity index (χ0v) is 12.7. The Hall–Kier alpha value is -1.39. The molecule has 1 aromatic heterocycles. The van der Waals surface area contributed by atoms with Gasteiger partial charge in [-0.05, 0) is 19.8 Å². The van der Waals surface area contributed by atoms with Gasteiger partial charge in [0.15, 0.2) is 5.13 Å². The second-order valence-corrected chi connectivity index (χ2v) is 6.18. The van der Waals surface area contributed by atoms with Crippen LogP contribution in [0, 0.1) is 0 Å². The van der Waals surface area contributed by atoms with Crippen molar-refractivity contribution in [2.75, 3.05) is 18.4 Å². The van der Waals surface area contributed by atoms with Crippen LogP contribution in [-0.4, -0.2) is 29.1 Å². The van der Waals surface area contributed by atoms with E-state index in [9.17, 15) is 0 Å². The van der Waals surface area contributed by atoms with Crippen molar-refractivity contribution in [3.05, 3.63) is 35.7 Å². The molecule has 2 aromatic rings. The van der Waals surface area contributed by atoms with Gasteiger partial charge in [-0.3, -0.25) is 4.90 Å². The Morgan fingerprint density at radius 3 is 2.65 bits per heavy atom. The van der Waals surface area contributed by atoms with Crippen molar-refractivity contribution in [1.82, 2.24) is 9.88 Å². The quantitative estimate of drug-likeness (QED) is 0.919. The Bertz CT molecular complexity index is 532. The van der Waals surface area contributed by atoms with Crippen molar-refractivity contribution in [3.63, 3.8) is 0 Å². The van der Waals surface area contributed by atoms with E-state index < -0.39 is 0 Å². The molecule has 1 N–H and O–H groups in total. The van der Waals surface area contributed by atoms with Gasteiger partial charge in [0.05, 0.1) is 11.9 Å². The van der Waals surface area contributed by atoms with Gasteiger partial charge in [0.25, 0.3) is 0 Å². The summed E-state index contributed by atoms with van der Waals surface area (Å²) in [6.45, 7) is 4.63. The van der Waals surface area contributed by atoms with Crippen molar-refractivity contribution in [2.45, 2.75) is 32.4 Å². The van der Waals surface area contributed by atoms with E-state index in [1.807, 2.05) is 6.07 Å². The highest BCUT2D eigenvalue weighted by Crippen LogP contribution is 2.25. The third-order valence-electron chi connectivity index (χ3n) is 3.84. The van der Waals surface area contributed by atoms with Gasteiger partial charge in [0.2, 0.25) is 0 Å². The van der Waals surface area contributed by atoms with Crippen LogP contribution in [0.5, 0.6) is 0 Å². The lowest BCUT2D eigenvalue weighted by molar-refractivity contribution is 0.190. The molecule has 1 atom stereocenters. The maximum atomic E-state index is 4.70. The summed E-state index contributed by atoms with van der Waals surface area (Å²) >= 11 is 1.69. The molecule has 1 aliphatic heterocycles. The number of hydrogen-bond acceptors (Lipinski definition) is 4. The summed E-state index contributed by atoms with van der Waals surface area (Å²) in [5, 5.41) is 6.68. The molecule has 1 aliphatic rings. The van der Waals surface area contributed by atoms with Crippen molar-refractivity contribution in [3.8, 4) is 11.3 Å². The standard InChI is InChI=1S/C16H21N3S/c1-13(19-10-6-3-7-11-19)17-16-18-15(12-20-16)14-8-4-2-5-9-14/h2,4-5,8-9,12-13H,3,6-7,10-11H2,1H3,(H,17,18). The SMILES string of the molecule is CC(Nc1nc(-c2ccccc2)cs1)N1CCCCC1. The molecule has 3 rings (SSSR count). The summed E-state index contributed by atoms with van der Waals surface area (Å²) in [6, 6.07) is 10.4. The third-order valence-corrected chi connectivity index (χ3v) is 4.62. The second kappa shape index (κ2) is 6.37. The molecule has 0 radical (unpaired) electrons. The molecule has 0 saturated carbocycles. The van der Waals surface area contributed by atoms with Gasteiger partial charge in [-0.1, -0.05) is 36.8 Å². The number of nitrogens with zero attached hydrogens (tertiary/aromatic N) is 2. The molecular formula is C16H21N3S. The fraction of sp³-hybridized carbons (Fsp3) is 0.438. The molecule has 2 heterocycles. The van der Waals surface area contributed by atoms with Crippen molar-refractivity contribution < 1.29 is 0 Å². The fourth-order valence-electron chi connectivity index (χ4n) is 2.66. The van der Waals surface area contributed by atoms with Crippen LogP contribution in [0.2, 0.25) is 0 Å². The lowest BCUT2D eigenvalue weighted by Gasteiger charge is -2.32. The van der Waals surface area contributed by atoms with E-state index in [2.05, 4.69) is 46.8 Å². The molecule has 1 fully saturated rings. The van der Waals surface area contributed by atoms with E-state index in [0.29, 0.717) is 6.17 Å². The topological polar surface area (TPSA) is 28.2 Å². The van der Waals surface area contributed by atoms with Crippen molar-refractivity contribution in [2.24, 2.45) is 0 Å². The monoisotopic (exact) mass is 287 g/mol. The molecule has 1 aromatic carbocycles. The van der Waals surface area contributed by atoms with Gasteiger partial charge in [-0.2, -0.15) is 0 Å². The molecule has 1 saturated heterocycles. The first-order chi connectivity index (χ1) is 9.83. The lowest BCUT2D eigenvalue weighted by Crippen LogP contribution is -2.41. The maximum Gasteiger partial charge on any atom is 0.184 e. The van der Waals surface area contributed by atoms with Gasteiger partial charge >= 0.3 is 0 Å². The van der Waals surface area contributed by atoms with Crippen LogP contribution in [0.3, 0.4) is 0 Å². The highest BCUT2D eigenvalue weighted by atomic mass is 32.1. The van der Waals surface area contributed by atoms with E-state index in [4.69, 9.17) is 4.98 Å². The number of thiazole rings is 1. The summed E-state index contributed by atoms with van der Waals surface area (Å²) in [5.74, 6) is 0. The Labute approximate surface area is 124 Å². The van der Waals surface area contributed by atoms with E-state index >= 15 is 0 Å². The number of likely N-dealkylation sites (tertiary alicyclic amines) is 1. The summed E-state index contributed by atoms with van der Waals surface area (Å²) < 4.78 is 0. The number of anilines is 1. The Balaban J connectivity index is 1.65. The minimum atomic E-state index is 0.366. The summed E-state index contributed by atoms with van der Waals surface area (Å²) in [7, 11) is 0. The molecule has 1 unspecified atom stereocenters. The number of benzene rings is 1. The number of piperidine rings is 1. The van der Waals surface area contributed by atoms with Crippen LogP contribution < -0.4 is 5.32 Å². The van der Waals surface area contributed by atoms with Gasteiger partial charge in [-0.25, -0.2) is 4.98 Å². The first kappa shape index (κ1) is 13.6. The smallest absolute Gasteiger partial charge is 0.184 e. The largest absolute Gasteiger partial charge is 0.346 e. The van der Waals surface area contributed by atoms with E-state index in [1.165, 1.54) is 37.9 Å². The minimum Gasteiger partial charge on any atom is -0.346 e. The lowest BCUT2D eigenvalue weighted by atomic mass is 10.1. The highest BCUT2D eigenvalue weighted by Gasteiger charge is 2.17. The molecule has 0 amide bonds. The predicted octanol–water partition coefficient (Wildman–Crippen LogP) is 4.05. The molecule has 3 nitrogen and oxygen atoms in total. The van der Waals surface area contributed by atoms with Crippen LogP contribution in [0.25, 0.3) is 11.3 Å². The Kier molecular flexibility index (Phi) is 4.33. The average molecular weight is 287 g/mol. The van der Waals surface area contributed by atoms with Crippen LogP contribution in [-0.2, 0) is 0 Å². The number of hydrogen-bond donors (Lipinski definition) is 1. The zero-order chi connectivity index (χ0) is 13.8. The number of rotatable bonds is 4. The van der Waals surface area contributed by atoms with Crippen LogP contribution in [0.1, 0.15) is 26.2 Å². The zero-order valence-electron chi connectivity index (χ0n) is 11.9. The highest BCUT2D eigenvalue weighted by molar-refractivity contribution is 7.14. The van der Waals surface area contributed by atoms with E-state index in [0.717, 1.165) is 10.8 Å². The maximum absolute atomic E-state index is 4.70. The summed E-state index contributed by atoms with van der Waals surface area (Å²) in [5.41, 5.74) is 2.24. The predicted molar refractivity (Wildman–Crippen MR) is 86.1 cm³/mol. The molecule has 0 aliphatic carbocycles. The molecule has 20 heavy (non-hydrogen) atoms. The average Bonchev–Trinajstić information content (AvgIpc) is 2.97. The first-order valence-corrected chi connectivity index (χ1v) is 8.22. The van der Waals surface area contributed by atoms with Gasteiger partial charge in [0, 0.05) is 24.0 Å². The van der Waals surface area contributed by atoms with Gasteiger partial charge in [-0.15, -0.1) is 11.3 Å². The van der Waals surface area contributed by atoms with Gasteiger partial charge in [0.1, 0.15) is 0 Å². The Morgan fingerprint density at radius 2 is 1.90 bits per heavy atom. The fourth-order valence-corrected chi connectivity index (χ4v) is 3.46. The number of nitrogens with one attached hydrogen (secondary N) is 1. The van der Waals surface area contributed by atoms with Crippen LogP contribution >= 0.6 is 11.3 Å². The van der Waals surface area contributed by atoms with Gasteiger partial charge < -0.3 is 5.32 Å². The second-order valence-electron chi connectivity index (χ2n) is 5.32. The van der Waals surface area contributed by atoms with Crippen LogP contribution in [0.4, 0.5) is 5.13 Å². The molecular weight excluding hydrogens is 266 g/mol. The molecule has 106 valence electrons. The molecule has 0 spiro atoms. The summed E-state index contributed by atoms with van der Waals surface area (Å²) in [6.07, 6.45) is 4.38. The van der Waals surface area contributed by atoms with E-state index in [-0.39, 0.29) is 0 Å². The first-order valence-electron chi connectivity index (χ1n) is 7.34. The van der Waals surface area contributed by atoms with Crippen molar-refractivity contribution >= 4 is 16.5 Å².